The zero-order valence-electron chi connectivity index (χ0n) is 42.4. The number of allylic oxidation sites excluding steroid dienone is 14. The Morgan fingerprint density at radius 3 is 1.26 bits per heavy atom. The summed E-state index contributed by atoms with van der Waals surface area (Å²) in [7, 11) is 5.39. The largest absolute Gasteiger partial charge is 0.544 e. The maximum Gasteiger partial charge on any atom is 0.306 e. The lowest BCUT2D eigenvalue weighted by atomic mass is 10.0. The van der Waals surface area contributed by atoms with Gasteiger partial charge in [0.1, 0.15) is 12.6 Å². The van der Waals surface area contributed by atoms with Crippen LogP contribution in [0.5, 0.6) is 0 Å². The number of carbonyl (C=O) groups excluding carboxylic acids is 3. The number of likely N-dealkylation sites (N-methyl/N-ethyl adjacent to an activating group) is 1. The van der Waals surface area contributed by atoms with E-state index < -0.39 is 18.1 Å². The van der Waals surface area contributed by atoms with Crippen LogP contribution in [0.2, 0.25) is 0 Å². The summed E-state index contributed by atoms with van der Waals surface area (Å²) in [5, 5.41) is 11.7. The maximum atomic E-state index is 12.8. The summed E-state index contributed by atoms with van der Waals surface area (Å²) in [6.45, 7) is 4.50. The molecular weight excluding hydrogens is 811 g/mol. The van der Waals surface area contributed by atoms with Crippen LogP contribution in [0.25, 0.3) is 0 Å². The fourth-order valence-electron chi connectivity index (χ4n) is 7.30. The number of carboxylic acid groups (broad SMARTS) is 1. The monoisotopic (exact) mass is 908 g/mol. The number of rotatable bonds is 46. The molecule has 8 nitrogen and oxygen atoms in total. The Balaban J connectivity index is 4.36. The van der Waals surface area contributed by atoms with Crippen LogP contribution in [0.4, 0.5) is 0 Å². The Morgan fingerprint density at radius 2 is 0.862 bits per heavy atom. The van der Waals surface area contributed by atoms with E-state index in [2.05, 4.69) is 98.9 Å². The molecule has 0 aliphatic heterocycles. The van der Waals surface area contributed by atoms with Crippen LogP contribution in [0.3, 0.4) is 0 Å². The van der Waals surface area contributed by atoms with Crippen LogP contribution in [0.1, 0.15) is 206 Å². The van der Waals surface area contributed by atoms with E-state index >= 15 is 0 Å². The van der Waals surface area contributed by atoms with Crippen LogP contribution in [0.15, 0.2) is 85.1 Å². The first-order valence-corrected chi connectivity index (χ1v) is 26.1. The molecule has 0 amide bonds. The van der Waals surface area contributed by atoms with Crippen molar-refractivity contribution in [2.75, 3.05) is 41.0 Å². The van der Waals surface area contributed by atoms with E-state index in [0.29, 0.717) is 12.8 Å². The third-order valence-electron chi connectivity index (χ3n) is 11.3. The third-order valence-corrected chi connectivity index (χ3v) is 11.3. The van der Waals surface area contributed by atoms with Crippen molar-refractivity contribution in [2.45, 2.75) is 219 Å². The van der Waals surface area contributed by atoms with Gasteiger partial charge in [0.25, 0.3) is 0 Å². The normalized spacial score (nSPS) is 13.6. The molecule has 0 saturated heterocycles. The minimum Gasteiger partial charge on any atom is -0.544 e. The molecule has 2 atom stereocenters. The van der Waals surface area contributed by atoms with Crippen LogP contribution in [-0.4, -0.2) is 75.5 Å². The SMILES string of the molecule is CC/C=C/C/C=C/C/C=C/C/C=C/C/C=C/C/C=C/C/C=C/CCCC(=O)OC(COCCC(C(=O)[O-])[N+](C)(C)C)COC(=O)CCCCCCCCCCCCCCCCCCCC. The molecule has 8 heteroatoms. The third kappa shape index (κ3) is 45.5. The molecule has 0 radical (unpaired) electrons. The maximum absolute atomic E-state index is 12.8. The van der Waals surface area contributed by atoms with E-state index in [-0.39, 0.29) is 49.1 Å². The van der Waals surface area contributed by atoms with Gasteiger partial charge in [-0.05, 0) is 64.2 Å². The number of quaternary nitrogens is 1. The van der Waals surface area contributed by atoms with E-state index in [1.54, 1.807) is 21.1 Å². The zero-order valence-corrected chi connectivity index (χ0v) is 42.4. The Labute approximate surface area is 399 Å². The minimum atomic E-state index is -1.14. The molecule has 0 heterocycles. The molecule has 0 aliphatic carbocycles. The molecule has 372 valence electrons. The van der Waals surface area contributed by atoms with Crippen LogP contribution < -0.4 is 5.11 Å². The van der Waals surface area contributed by atoms with Gasteiger partial charge < -0.3 is 28.6 Å². The lowest BCUT2D eigenvalue weighted by molar-refractivity contribution is -0.889. The van der Waals surface area contributed by atoms with Crippen molar-refractivity contribution in [3.63, 3.8) is 0 Å². The number of aliphatic carboxylic acids is 1. The van der Waals surface area contributed by atoms with Gasteiger partial charge in [-0.25, -0.2) is 0 Å². The zero-order chi connectivity index (χ0) is 47.7. The molecule has 0 spiro atoms. The summed E-state index contributed by atoms with van der Waals surface area (Å²) in [5.41, 5.74) is 0. The Hall–Kier alpha value is -3.49. The van der Waals surface area contributed by atoms with E-state index in [1.807, 2.05) is 0 Å². The smallest absolute Gasteiger partial charge is 0.306 e. The second-order valence-electron chi connectivity index (χ2n) is 18.4. The lowest BCUT2D eigenvalue weighted by Crippen LogP contribution is -2.55. The predicted octanol–water partition coefficient (Wildman–Crippen LogP) is 13.9. The Bertz CT molecular complexity index is 1330. The number of nitrogens with zero attached hydrogens (tertiary/aromatic N) is 1. The molecule has 0 bridgehead atoms. The number of ether oxygens (including phenoxy) is 3. The number of carbonyl (C=O) groups is 3. The van der Waals surface area contributed by atoms with Crippen LogP contribution in [-0.2, 0) is 28.6 Å². The van der Waals surface area contributed by atoms with E-state index in [0.717, 1.165) is 70.6 Å². The summed E-state index contributed by atoms with van der Waals surface area (Å²) in [5.74, 6) is -1.81. The molecule has 0 aromatic rings. The van der Waals surface area contributed by atoms with Gasteiger partial charge in [0.15, 0.2) is 6.10 Å². The first-order chi connectivity index (χ1) is 31.6. The molecule has 0 aliphatic rings. The molecule has 0 aromatic carbocycles. The number of carboxylic acids is 1. The first kappa shape index (κ1) is 61.5. The van der Waals surface area contributed by atoms with Crippen LogP contribution in [0, 0.1) is 0 Å². The van der Waals surface area contributed by atoms with Crippen LogP contribution >= 0.6 is 0 Å². The van der Waals surface area contributed by atoms with Gasteiger partial charge in [-0.2, -0.15) is 0 Å². The van der Waals surface area contributed by atoms with Crippen molar-refractivity contribution >= 4 is 17.9 Å². The van der Waals surface area contributed by atoms with Gasteiger partial charge in [0.2, 0.25) is 0 Å². The average Bonchev–Trinajstić information content (AvgIpc) is 3.27. The highest BCUT2D eigenvalue weighted by atomic mass is 16.6. The number of hydrogen-bond acceptors (Lipinski definition) is 7. The van der Waals surface area contributed by atoms with Crippen molar-refractivity contribution in [1.82, 2.24) is 0 Å². The highest BCUT2D eigenvalue weighted by Gasteiger charge is 2.25. The number of hydrogen-bond donors (Lipinski definition) is 0. The summed E-state index contributed by atoms with van der Waals surface area (Å²) >= 11 is 0. The fourth-order valence-corrected chi connectivity index (χ4v) is 7.30. The number of esters is 2. The minimum absolute atomic E-state index is 0.0149. The second-order valence-corrected chi connectivity index (χ2v) is 18.4. The number of unbranched alkanes of at least 4 members (excludes halogenated alkanes) is 18. The van der Waals surface area contributed by atoms with Gasteiger partial charge >= 0.3 is 11.9 Å². The van der Waals surface area contributed by atoms with Crippen molar-refractivity contribution in [3.8, 4) is 0 Å². The summed E-state index contributed by atoms with van der Waals surface area (Å²) in [6.07, 6.45) is 61.9. The molecule has 2 unspecified atom stereocenters. The van der Waals surface area contributed by atoms with Crippen molar-refractivity contribution < 1.29 is 38.2 Å². The highest BCUT2D eigenvalue weighted by Crippen LogP contribution is 2.15. The molecule has 0 rings (SSSR count). The predicted molar refractivity (Wildman–Crippen MR) is 272 cm³/mol. The van der Waals surface area contributed by atoms with Gasteiger partial charge in [0, 0.05) is 19.3 Å². The standard InChI is InChI=1S/C57H97NO7/c1-6-8-10-12-14-16-18-20-22-24-26-27-28-29-30-32-34-36-38-40-42-44-46-48-56(60)65-53(51-63-50-49-54(57(61)62)58(3,4)5)52-64-55(59)47-45-43-41-39-37-35-33-31-25-23-21-19-17-15-13-11-9-7-2/h8,10,14,16,20,22,26-27,29-30,34,36,40,42,53-54H,6-7,9,11-13,15,17-19,21,23-25,28,31-33,35,37-39,41,43-52H2,1-5H3/b10-8+,16-14+,22-20+,27-26+,30-29+,36-34+,42-40+. The molecule has 0 aromatic heterocycles. The summed E-state index contributed by atoms with van der Waals surface area (Å²) in [6, 6.07) is -0.740. The summed E-state index contributed by atoms with van der Waals surface area (Å²) in [4.78, 5) is 37.0. The van der Waals surface area contributed by atoms with Crippen molar-refractivity contribution in [3.05, 3.63) is 85.1 Å². The van der Waals surface area contributed by atoms with E-state index in [1.165, 1.54) is 96.3 Å². The lowest BCUT2D eigenvalue weighted by Gasteiger charge is -2.34. The summed E-state index contributed by atoms with van der Waals surface area (Å²) < 4.78 is 17.2. The molecular formula is C57H97NO7. The van der Waals surface area contributed by atoms with Gasteiger partial charge in [-0.3, -0.25) is 9.59 Å². The van der Waals surface area contributed by atoms with Crippen molar-refractivity contribution in [1.29, 1.82) is 0 Å². The first-order valence-electron chi connectivity index (χ1n) is 26.1. The molecule has 0 saturated carbocycles. The highest BCUT2D eigenvalue weighted by molar-refractivity contribution is 5.70. The van der Waals surface area contributed by atoms with Gasteiger partial charge in [-0.15, -0.1) is 0 Å². The van der Waals surface area contributed by atoms with E-state index in [4.69, 9.17) is 14.2 Å². The molecule has 0 fully saturated rings. The quantitative estimate of drug-likeness (QED) is 0.0259. The Morgan fingerprint density at radius 1 is 0.477 bits per heavy atom. The average molecular weight is 908 g/mol. The Kier molecular flexibility index (Phi) is 44.5. The topological polar surface area (TPSA) is 102 Å². The van der Waals surface area contributed by atoms with E-state index in [9.17, 15) is 19.5 Å². The van der Waals surface area contributed by atoms with Gasteiger partial charge in [0.05, 0.1) is 40.3 Å². The fraction of sp³-hybridized carbons (Fsp3) is 0.702. The van der Waals surface area contributed by atoms with Crippen molar-refractivity contribution in [2.24, 2.45) is 0 Å². The van der Waals surface area contributed by atoms with Gasteiger partial charge in [-0.1, -0.05) is 208 Å². The molecule has 0 N–H and O–H groups in total. The molecule has 65 heavy (non-hydrogen) atoms. The second kappa shape index (κ2) is 47.0.